The summed E-state index contributed by atoms with van der Waals surface area (Å²) in [5, 5.41) is 3.84. The molecule has 7 rings (SSSR count). The first-order valence-electron chi connectivity index (χ1n) is 16.3. The maximum atomic E-state index is 14.2. The van der Waals surface area contributed by atoms with Gasteiger partial charge in [-0.1, -0.05) is 42.3 Å². The van der Waals surface area contributed by atoms with E-state index < -0.39 is 12.1 Å². The summed E-state index contributed by atoms with van der Waals surface area (Å²) in [7, 11) is 0. The number of nitrogens with zero attached hydrogens (tertiary/aromatic N) is 5. The SMILES string of the molecule is O=C(Nc1cccc(Cn2ccnc2)c1)[C@H]1CN([C@H]2c3ccc(Cl)cc3CCc3cccnc32)CCN1C(=O)OC1CCCCC1. The number of rotatable bonds is 6. The van der Waals surface area contributed by atoms with E-state index in [2.05, 4.69) is 33.4 Å². The van der Waals surface area contributed by atoms with Gasteiger partial charge in [0.1, 0.15) is 12.1 Å². The molecule has 1 saturated carbocycles. The summed E-state index contributed by atoms with van der Waals surface area (Å²) in [4.78, 5) is 40.8. The van der Waals surface area contributed by atoms with Crippen molar-refractivity contribution >= 4 is 29.3 Å². The van der Waals surface area contributed by atoms with Crippen LogP contribution in [0, 0.1) is 0 Å². The fraction of sp³-hybridized carbons (Fsp3) is 0.389. The van der Waals surface area contributed by atoms with Crippen molar-refractivity contribution in [1.82, 2.24) is 24.3 Å². The monoisotopic (exact) mass is 638 g/mol. The fourth-order valence-electron chi connectivity index (χ4n) is 7.19. The van der Waals surface area contributed by atoms with Gasteiger partial charge in [0.25, 0.3) is 0 Å². The molecule has 2 aromatic carbocycles. The Balaban J connectivity index is 1.18. The molecule has 0 unspecified atom stereocenters. The molecular formula is C36H39ClN6O3. The van der Waals surface area contributed by atoms with Gasteiger partial charge in [-0.25, -0.2) is 9.78 Å². The van der Waals surface area contributed by atoms with Crippen LogP contribution >= 0.6 is 11.6 Å². The highest BCUT2D eigenvalue weighted by Gasteiger charge is 2.41. The van der Waals surface area contributed by atoms with E-state index in [4.69, 9.17) is 21.3 Å². The minimum Gasteiger partial charge on any atom is -0.446 e. The molecule has 0 spiro atoms. The largest absolute Gasteiger partial charge is 0.446 e. The number of aryl methyl sites for hydroxylation is 2. The third-order valence-electron chi connectivity index (χ3n) is 9.50. The van der Waals surface area contributed by atoms with Crippen LogP contribution < -0.4 is 5.32 Å². The van der Waals surface area contributed by atoms with Crippen LogP contribution in [-0.4, -0.2) is 68.1 Å². The van der Waals surface area contributed by atoms with E-state index in [9.17, 15) is 9.59 Å². The van der Waals surface area contributed by atoms with Crippen LogP contribution in [0.3, 0.4) is 0 Å². The number of anilines is 1. The quantitative estimate of drug-likeness (QED) is 0.268. The smallest absolute Gasteiger partial charge is 0.410 e. The Morgan fingerprint density at radius 1 is 0.957 bits per heavy atom. The molecule has 3 heterocycles. The number of fused-ring (bicyclic) bond motifs is 2. The molecule has 1 aliphatic heterocycles. The Labute approximate surface area is 274 Å². The molecule has 1 saturated heterocycles. The van der Waals surface area contributed by atoms with Crippen molar-refractivity contribution < 1.29 is 14.3 Å². The van der Waals surface area contributed by atoms with Gasteiger partial charge in [-0.05, 0) is 91.1 Å². The molecule has 238 valence electrons. The Morgan fingerprint density at radius 2 is 1.83 bits per heavy atom. The van der Waals surface area contributed by atoms with Gasteiger partial charge in [0, 0.05) is 55.5 Å². The number of hydrogen-bond donors (Lipinski definition) is 1. The molecule has 2 aliphatic carbocycles. The third kappa shape index (κ3) is 6.66. The van der Waals surface area contributed by atoms with Crippen LogP contribution in [0.1, 0.15) is 66.1 Å². The maximum absolute atomic E-state index is 14.2. The molecule has 3 aliphatic rings. The van der Waals surface area contributed by atoms with Crippen LogP contribution in [0.25, 0.3) is 0 Å². The molecular weight excluding hydrogens is 600 g/mol. The van der Waals surface area contributed by atoms with E-state index in [0.29, 0.717) is 36.9 Å². The Kier molecular flexibility index (Phi) is 9.03. The number of hydrogen-bond acceptors (Lipinski definition) is 6. The molecule has 46 heavy (non-hydrogen) atoms. The van der Waals surface area contributed by atoms with E-state index in [0.717, 1.165) is 55.3 Å². The average Bonchev–Trinajstić information content (AvgIpc) is 3.53. The van der Waals surface area contributed by atoms with Crippen molar-refractivity contribution in [1.29, 1.82) is 0 Å². The number of ether oxygens (including phenoxy) is 1. The molecule has 9 nitrogen and oxygen atoms in total. The lowest BCUT2D eigenvalue weighted by atomic mass is 9.95. The molecule has 0 radical (unpaired) electrons. The van der Waals surface area contributed by atoms with Gasteiger partial charge < -0.3 is 14.6 Å². The number of benzene rings is 2. The molecule has 10 heteroatoms. The molecule has 2 atom stereocenters. The van der Waals surface area contributed by atoms with Gasteiger partial charge in [0.05, 0.1) is 18.1 Å². The highest BCUT2D eigenvalue weighted by atomic mass is 35.5. The first kappa shape index (κ1) is 30.4. The van der Waals surface area contributed by atoms with Gasteiger partial charge in [0.15, 0.2) is 0 Å². The Morgan fingerprint density at radius 3 is 2.67 bits per heavy atom. The van der Waals surface area contributed by atoms with Gasteiger partial charge in [-0.15, -0.1) is 0 Å². The zero-order valence-corrected chi connectivity index (χ0v) is 26.6. The van der Waals surface area contributed by atoms with Gasteiger partial charge in [-0.3, -0.25) is 19.6 Å². The van der Waals surface area contributed by atoms with Crippen molar-refractivity contribution in [3.63, 3.8) is 0 Å². The molecule has 1 N–H and O–H groups in total. The number of pyridine rings is 1. The number of imidazole rings is 1. The predicted molar refractivity (Wildman–Crippen MR) is 177 cm³/mol. The Bertz CT molecular complexity index is 1690. The van der Waals surface area contributed by atoms with Crippen molar-refractivity contribution in [3.8, 4) is 0 Å². The normalized spacial score (nSPS) is 20.3. The summed E-state index contributed by atoms with van der Waals surface area (Å²) in [6.07, 6.45) is 13.5. The second-order valence-corrected chi connectivity index (χ2v) is 13.0. The minimum atomic E-state index is -0.756. The summed E-state index contributed by atoms with van der Waals surface area (Å²) in [5.74, 6) is -0.240. The van der Waals surface area contributed by atoms with E-state index in [1.54, 1.807) is 17.4 Å². The van der Waals surface area contributed by atoms with E-state index in [1.807, 2.05) is 53.4 Å². The number of aromatic nitrogens is 3. The van der Waals surface area contributed by atoms with Crippen LogP contribution in [0.4, 0.5) is 10.5 Å². The number of nitrogens with one attached hydrogen (secondary N) is 1. The van der Waals surface area contributed by atoms with E-state index >= 15 is 0 Å². The Hall–Kier alpha value is -4.21. The summed E-state index contributed by atoms with van der Waals surface area (Å²) < 4.78 is 8.00. The molecule has 2 amide bonds. The summed E-state index contributed by atoms with van der Waals surface area (Å²) in [6, 6.07) is 17.1. The summed E-state index contributed by atoms with van der Waals surface area (Å²) in [5.41, 5.74) is 6.23. The highest BCUT2D eigenvalue weighted by molar-refractivity contribution is 6.30. The lowest BCUT2D eigenvalue weighted by molar-refractivity contribution is -0.123. The van der Waals surface area contributed by atoms with Crippen LogP contribution in [-0.2, 0) is 28.9 Å². The molecule has 2 fully saturated rings. The lowest BCUT2D eigenvalue weighted by Gasteiger charge is -2.43. The second kappa shape index (κ2) is 13.6. The number of piperazine rings is 1. The number of carbonyl (C=O) groups is 2. The number of amides is 2. The summed E-state index contributed by atoms with van der Waals surface area (Å²) >= 11 is 6.46. The topological polar surface area (TPSA) is 92.6 Å². The fourth-order valence-corrected chi connectivity index (χ4v) is 7.39. The van der Waals surface area contributed by atoms with Crippen LogP contribution in [0.2, 0.25) is 5.02 Å². The molecule has 4 aromatic rings. The first-order valence-corrected chi connectivity index (χ1v) is 16.7. The first-order chi connectivity index (χ1) is 22.5. The van der Waals surface area contributed by atoms with Crippen molar-refractivity contribution in [2.75, 3.05) is 25.0 Å². The van der Waals surface area contributed by atoms with Gasteiger partial charge >= 0.3 is 6.09 Å². The van der Waals surface area contributed by atoms with Crippen molar-refractivity contribution in [2.24, 2.45) is 0 Å². The minimum absolute atomic E-state index is 0.0996. The predicted octanol–water partition coefficient (Wildman–Crippen LogP) is 6.26. The van der Waals surface area contributed by atoms with Crippen LogP contribution in [0.5, 0.6) is 0 Å². The third-order valence-corrected chi connectivity index (χ3v) is 9.74. The molecule has 0 bridgehead atoms. The standard InChI is InChI=1S/C36H39ClN6O3/c37-28-13-14-31-27(21-28)12-11-26-7-5-15-39-33(26)34(31)42-18-19-43(36(45)46-30-9-2-1-3-10-30)32(23-42)35(44)40-29-8-4-6-25(20-29)22-41-17-16-38-24-41/h4-8,13-17,20-21,24,30,32,34H,1-3,9-12,18-19,22-23H2,(H,40,44)/t32-,34+/m1/s1. The average molecular weight is 639 g/mol. The molecule has 2 aromatic heterocycles. The maximum Gasteiger partial charge on any atom is 0.410 e. The number of halogens is 1. The van der Waals surface area contributed by atoms with E-state index in [1.165, 1.54) is 17.5 Å². The lowest BCUT2D eigenvalue weighted by Crippen LogP contribution is -2.60. The summed E-state index contributed by atoms with van der Waals surface area (Å²) in [6.45, 7) is 1.92. The highest BCUT2D eigenvalue weighted by Crippen LogP contribution is 2.38. The van der Waals surface area contributed by atoms with Crippen LogP contribution in [0.15, 0.2) is 79.5 Å². The van der Waals surface area contributed by atoms with E-state index in [-0.39, 0.29) is 18.1 Å². The van der Waals surface area contributed by atoms with Gasteiger partial charge in [-0.2, -0.15) is 0 Å². The zero-order chi connectivity index (χ0) is 31.5. The number of carbonyl (C=O) groups excluding carboxylic acids is 2. The van der Waals surface area contributed by atoms with Gasteiger partial charge in [0.2, 0.25) is 5.91 Å². The second-order valence-electron chi connectivity index (χ2n) is 12.6. The van der Waals surface area contributed by atoms with Crippen molar-refractivity contribution in [2.45, 2.75) is 69.7 Å². The zero-order valence-electron chi connectivity index (χ0n) is 25.9. The van der Waals surface area contributed by atoms with Crippen molar-refractivity contribution in [3.05, 3.63) is 112 Å².